The summed E-state index contributed by atoms with van der Waals surface area (Å²) in [6.45, 7) is 0.695. The van der Waals surface area contributed by atoms with Gasteiger partial charge in [0.15, 0.2) is 9.84 Å². The van der Waals surface area contributed by atoms with Gasteiger partial charge >= 0.3 is 0 Å². The molecule has 1 aromatic carbocycles. The highest BCUT2D eigenvalue weighted by Gasteiger charge is 2.10. The summed E-state index contributed by atoms with van der Waals surface area (Å²) in [5.41, 5.74) is 0.646. The van der Waals surface area contributed by atoms with Crippen molar-refractivity contribution in [3.8, 4) is 5.75 Å². The minimum Gasteiger partial charge on any atom is -0.508 e. The van der Waals surface area contributed by atoms with Gasteiger partial charge in [-0.05, 0) is 43.8 Å². The summed E-state index contributed by atoms with van der Waals surface area (Å²) in [7, 11) is -1.40. The van der Waals surface area contributed by atoms with Crippen LogP contribution in [0, 0.1) is 0 Å². The summed E-state index contributed by atoms with van der Waals surface area (Å²) in [6, 6.07) is 4.34. The molecule has 0 heterocycles. The number of benzene rings is 1. The van der Waals surface area contributed by atoms with Crippen LogP contribution >= 0.6 is 0 Å². The van der Waals surface area contributed by atoms with Crippen LogP contribution < -0.4 is 5.32 Å². The second kappa shape index (κ2) is 4.63. The van der Waals surface area contributed by atoms with Gasteiger partial charge in [0.2, 0.25) is 0 Å². The lowest BCUT2D eigenvalue weighted by Gasteiger charge is -2.06. The number of phenols is 1. The van der Waals surface area contributed by atoms with E-state index in [-0.39, 0.29) is 10.6 Å². The maximum atomic E-state index is 11.3. The molecule has 0 aliphatic rings. The molecular weight excluding hydrogens is 214 g/mol. The molecule has 0 spiro atoms. The zero-order valence-corrected chi connectivity index (χ0v) is 9.63. The Morgan fingerprint density at radius 3 is 2.60 bits per heavy atom. The van der Waals surface area contributed by atoms with Crippen LogP contribution in [0.1, 0.15) is 5.56 Å². The van der Waals surface area contributed by atoms with Crippen LogP contribution in [0.4, 0.5) is 0 Å². The number of nitrogens with one attached hydrogen (secondary N) is 1. The summed E-state index contributed by atoms with van der Waals surface area (Å²) in [5.74, 6) is 0.137. The number of sulfone groups is 1. The molecule has 0 fully saturated rings. The fraction of sp³-hybridized carbons (Fsp3) is 0.400. The van der Waals surface area contributed by atoms with Gasteiger partial charge in [-0.2, -0.15) is 0 Å². The van der Waals surface area contributed by atoms with E-state index in [1.807, 2.05) is 0 Å². The predicted octanol–water partition coefficient (Wildman–Crippen LogP) is 0.558. The van der Waals surface area contributed by atoms with Crippen LogP contribution in [0.5, 0.6) is 5.75 Å². The number of hydrogen-bond donors (Lipinski definition) is 2. The van der Waals surface area contributed by atoms with Gasteiger partial charge in [-0.15, -0.1) is 0 Å². The average Bonchev–Trinajstić information content (AvgIpc) is 2.15. The first kappa shape index (κ1) is 12.0. The third-order valence-corrected chi connectivity index (χ3v) is 3.23. The Morgan fingerprint density at radius 2 is 2.07 bits per heavy atom. The molecular formula is C10H15NO3S. The smallest absolute Gasteiger partial charge is 0.175 e. The predicted molar refractivity (Wildman–Crippen MR) is 58.8 cm³/mol. The van der Waals surface area contributed by atoms with Gasteiger partial charge in [0.1, 0.15) is 5.75 Å². The van der Waals surface area contributed by atoms with Crippen molar-refractivity contribution in [1.82, 2.24) is 5.32 Å². The van der Waals surface area contributed by atoms with Gasteiger partial charge in [-0.3, -0.25) is 0 Å². The second-order valence-electron chi connectivity index (χ2n) is 3.42. The molecule has 4 nitrogen and oxygen atoms in total. The molecule has 5 heteroatoms. The van der Waals surface area contributed by atoms with Crippen molar-refractivity contribution in [3.63, 3.8) is 0 Å². The molecule has 15 heavy (non-hydrogen) atoms. The average molecular weight is 229 g/mol. The molecule has 0 amide bonds. The molecule has 0 saturated heterocycles. The van der Waals surface area contributed by atoms with Crippen molar-refractivity contribution < 1.29 is 13.5 Å². The van der Waals surface area contributed by atoms with E-state index in [0.717, 1.165) is 6.26 Å². The number of phenolic OH excluding ortho intramolecular Hbond substituents is 1. The van der Waals surface area contributed by atoms with Crippen LogP contribution in [0.3, 0.4) is 0 Å². The van der Waals surface area contributed by atoms with E-state index in [0.29, 0.717) is 18.5 Å². The molecule has 0 aliphatic heterocycles. The first-order valence-electron chi connectivity index (χ1n) is 4.61. The number of hydrogen-bond acceptors (Lipinski definition) is 4. The summed E-state index contributed by atoms with van der Waals surface area (Å²) >= 11 is 0. The lowest BCUT2D eigenvalue weighted by molar-refractivity contribution is 0.466. The lowest BCUT2D eigenvalue weighted by Crippen LogP contribution is -2.10. The van der Waals surface area contributed by atoms with E-state index in [1.54, 1.807) is 7.05 Å². The van der Waals surface area contributed by atoms with Gasteiger partial charge in [0, 0.05) is 6.26 Å². The Morgan fingerprint density at radius 1 is 1.40 bits per heavy atom. The molecule has 0 radical (unpaired) electrons. The normalized spacial score (nSPS) is 11.6. The van der Waals surface area contributed by atoms with Gasteiger partial charge in [-0.1, -0.05) is 0 Å². The Balaban J connectivity index is 3.06. The molecule has 0 saturated carbocycles. The summed E-state index contributed by atoms with van der Waals surface area (Å²) in [6.07, 6.45) is 1.76. The number of aromatic hydroxyl groups is 1. The van der Waals surface area contributed by atoms with Crippen LogP contribution in [0.25, 0.3) is 0 Å². The third-order valence-electron chi connectivity index (χ3n) is 2.12. The molecule has 1 aromatic rings. The largest absolute Gasteiger partial charge is 0.508 e. The standard InChI is InChI=1S/C10H15NO3S/c1-11-6-5-8-7-9(15(2,13)14)3-4-10(8)12/h3-4,7,11-12H,5-6H2,1-2H3. The second-order valence-corrected chi connectivity index (χ2v) is 5.43. The first-order chi connectivity index (χ1) is 6.95. The molecule has 2 N–H and O–H groups in total. The third kappa shape index (κ3) is 3.21. The zero-order chi connectivity index (χ0) is 11.5. The Bertz CT molecular complexity index is 440. The number of likely N-dealkylation sites (N-methyl/N-ethyl adjacent to an activating group) is 1. The van der Waals surface area contributed by atoms with E-state index in [4.69, 9.17) is 0 Å². The molecule has 84 valence electrons. The SMILES string of the molecule is CNCCc1cc(S(C)(=O)=O)ccc1O. The molecule has 0 bridgehead atoms. The van der Waals surface area contributed by atoms with Crippen LogP contribution in [-0.4, -0.2) is 33.4 Å². The molecule has 1 rings (SSSR count). The molecule has 0 atom stereocenters. The maximum Gasteiger partial charge on any atom is 0.175 e. The van der Waals surface area contributed by atoms with Gasteiger partial charge in [0.25, 0.3) is 0 Å². The summed E-state index contributed by atoms with van der Waals surface area (Å²) < 4.78 is 22.5. The Hall–Kier alpha value is -1.07. The summed E-state index contributed by atoms with van der Waals surface area (Å²) in [5, 5.41) is 12.4. The van der Waals surface area contributed by atoms with Gasteiger partial charge in [0.05, 0.1) is 4.90 Å². The lowest BCUT2D eigenvalue weighted by atomic mass is 10.1. The van der Waals surface area contributed by atoms with E-state index < -0.39 is 9.84 Å². The molecule has 0 aliphatic carbocycles. The highest BCUT2D eigenvalue weighted by molar-refractivity contribution is 7.90. The fourth-order valence-electron chi connectivity index (χ4n) is 1.25. The monoisotopic (exact) mass is 229 g/mol. The highest BCUT2D eigenvalue weighted by Crippen LogP contribution is 2.21. The van der Waals surface area contributed by atoms with E-state index in [2.05, 4.69) is 5.32 Å². The Labute approximate surface area is 89.9 Å². The van der Waals surface area contributed by atoms with Crippen molar-refractivity contribution in [1.29, 1.82) is 0 Å². The van der Waals surface area contributed by atoms with Crippen molar-refractivity contribution >= 4 is 9.84 Å². The fourth-order valence-corrected chi connectivity index (χ4v) is 1.92. The van der Waals surface area contributed by atoms with Crippen LogP contribution in [0.15, 0.2) is 23.1 Å². The minimum absolute atomic E-state index is 0.137. The van der Waals surface area contributed by atoms with Gasteiger partial charge < -0.3 is 10.4 Å². The minimum atomic E-state index is -3.20. The van der Waals surface area contributed by atoms with E-state index in [1.165, 1.54) is 18.2 Å². The van der Waals surface area contributed by atoms with E-state index >= 15 is 0 Å². The van der Waals surface area contributed by atoms with Crippen molar-refractivity contribution in [2.75, 3.05) is 19.8 Å². The van der Waals surface area contributed by atoms with Crippen LogP contribution in [-0.2, 0) is 16.3 Å². The Kier molecular flexibility index (Phi) is 3.71. The summed E-state index contributed by atoms with van der Waals surface area (Å²) in [4.78, 5) is 0.242. The topological polar surface area (TPSA) is 66.4 Å². The van der Waals surface area contributed by atoms with Crippen molar-refractivity contribution in [2.24, 2.45) is 0 Å². The number of rotatable bonds is 4. The molecule has 0 aromatic heterocycles. The first-order valence-corrected chi connectivity index (χ1v) is 6.51. The van der Waals surface area contributed by atoms with E-state index in [9.17, 15) is 13.5 Å². The quantitative estimate of drug-likeness (QED) is 0.791. The van der Waals surface area contributed by atoms with Gasteiger partial charge in [-0.25, -0.2) is 8.42 Å². The van der Waals surface area contributed by atoms with Crippen molar-refractivity contribution in [2.45, 2.75) is 11.3 Å². The van der Waals surface area contributed by atoms with Crippen LogP contribution in [0.2, 0.25) is 0 Å². The highest BCUT2D eigenvalue weighted by atomic mass is 32.2. The zero-order valence-electron chi connectivity index (χ0n) is 8.82. The van der Waals surface area contributed by atoms with Crippen molar-refractivity contribution in [3.05, 3.63) is 23.8 Å². The maximum absolute atomic E-state index is 11.3. The molecule has 0 unspecified atom stereocenters.